The van der Waals surface area contributed by atoms with Crippen LogP contribution in [0.2, 0.25) is 5.02 Å². The van der Waals surface area contributed by atoms with Crippen LogP contribution in [0.5, 0.6) is 17.2 Å². The zero-order valence-corrected chi connectivity index (χ0v) is 19.0. The fraction of sp³-hybridized carbons (Fsp3) is 0.190. The van der Waals surface area contributed by atoms with E-state index in [-0.39, 0.29) is 27.4 Å². The summed E-state index contributed by atoms with van der Waals surface area (Å²) in [6, 6.07) is 10.8. The third-order valence-corrected chi connectivity index (χ3v) is 5.28. The van der Waals surface area contributed by atoms with Gasteiger partial charge in [-0.3, -0.25) is 9.36 Å². The Morgan fingerprint density at radius 2 is 1.94 bits per heavy atom. The van der Waals surface area contributed by atoms with Crippen LogP contribution in [0.25, 0.3) is 0 Å². The van der Waals surface area contributed by atoms with Crippen LogP contribution in [0.15, 0.2) is 52.0 Å². The monoisotopic (exact) mass is 545 g/mol. The quantitative estimate of drug-likeness (QED) is 0.354. The lowest BCUT2D eigenvalue weighted by atomic mass is 10.2. The van der Waals surface area contributed by atoms with Gasteiger partial charge in [0.25, 0.3) is 5.56 Å². The number of hydrogen-bond acceptors (Lipinski definition) is 5. The van der Waals surface area contributed by atoms with Crippen molar-refractivity contribution in [3.05, 3.63) is 79.4 Å². The highest BCUT2D eigenvalue weighted by Gasteiger charge is 2.48. The van der Waals surface area contributed by atoms with Crippen molar-refractivity contribution in [2.24, 2.45) is 0 Å². The van der Waals surface area contributed by atoms with Crippen molar-refractivity contribution in [1.82, 2.24) is 9.55 Å². The number of rotatable bonds is 7. The number of alkyl halides is 4. The van der Waals surface area contributed by atoms with Crippen molar-refractivity contribution < 1.29 is 27.0 Å². The first kappa shape index (κ1) is 24.5. The van der Waals surface area contributed by atoms with Gasteiger partial charge < -0.3 is 9.47 Å². The second kappa shape index (κ2) is 9.80. The van der Waals surface area contributed by atoms with E-state index >= 15 is 0 Å². The molecule has 0 atom stereocenters. The molecule has 0 amide bonds. The van der Waals surface area contributed by atoms with E-state index in [0.29, 0.717) is 11.3 Å². The minimum Gasteiger partial charge on any atom is -0.497 e. The molecule has 0 aliphatic carbocycles. The summed E-state index contributed by atoms with van der Waals surface area (Å²) in [5, 5.41) is 8.88. The van der Waals surface area contributed by atoms with Crippen molar-refractivity contribution >= 4 is 27.5 Å². The van der Waals surface area contributed by atoms with Crippen LogP contribution in [0.3, 0.4) is 0 Å². The molecule has 0 fully saturated rings. The first-order valence-electron chi connectivity index (χ1n) is 9.04. The third kappa shape index (κ3) is 5.12. The molecule has 172 valence electrons. The van der Waals surface area contributed by atoms with E-state index in [0.717, 1.165) is 10.9 Å². The maximum Gasteiger partial charge on any atom is 0.352 e. The van der Waals surface area contributed by atoms with Crippen molar-refractivity contribution in [1.29, 1.82) is 5.26 Å². The summed E-state index contributed by atoms with van der Waals surface area (Å²) < 4.78 is 66.2. The van der Waals surface area contributed by atoms with E-state index in [1.165, 1.54) is 19.2 Å². The highest BCUT2D eigenvalue weighted by atomic mass is 79.9. The van der Waals surface area contributed by atoms with Gasteiger partial charge in [0.1, 0.15) is 22.6 Å². The molecule has 0 unspecified atom stereocenters. The summed E-state index contributed by atoms with van der Waals surface area (Å²) >= 11 is 9.17. The van der Waals surface area contributed by atoms with Gasteiger partial charge in [0.15, 0.2) is 5.69 Å². The van der Waals surface area contributed by atoms with Crippen molar-refractivity contribution in [3.63, 3.8) is 0 Å². The summed E-state index contributed by atoms with van der Waals surface area (Å²) in [5.41, 5.74) is -2.22. The summed E-state index contributed by atoms with van der Waals surface area (Å²) in [5.74, 6) is -5.74. The van der Waals surface area contributed by atoms with Gasteiger partial charge in [0.05, 0.1) is 25.5 Å². The maximum atomic E-state index is 14.2. The fourth-order valence-corrected chi connectivity index (χ4v) is 3.40. The number of methoxy groups -OCH3 is 1. The van der Waals surface area contributed by atoms with E-state index in [4.69, 9.17) is 21.1 Å². The lowest BCUT2D eigenvalue weighted by Crippen LogP contribution is -2.31. The van der Waals surface area contributed by atoms with E-state index in [1.807, 2.05) is 0 Å². The molecular weight excluding hydrogens is 534 g/mol. The second-order valence-electron chi connectivity index (χ2n) is 6.61. The van der Waals surface area contributed by atoms with Crippen LogP contribution >= 0.6 is 27.5 Å². The lowest BCUT2D eigenvalue weighted by molar-refractivity contribution is -0.139. The molecule has 0 spiro atoms. The summed E-state index contributed by atoms with van der Waals surface area (Å²) in [6.45, 7) is -0.123. The van der Waals surface area contributed by atoms with E-state index < -0.39 is 29.4 Å². The summed E-state index contributed by atoms with van der Waals surface area (Å²) in [4.78, 5) is 16.4. The topological polar surface area (TPSA) is 77.1 Å². The van der Waals surface area contributed by atoms with Gasteiger partial charge in [0.2, 0.25) is 5.75 Å². The molecule has 33 heavy (non-hydrogen) atoms. The van der Waals surface area contributed by atoms with Crippen molar-refractivity contribution in [2.45, 2.75) is 18.9 Å². The molecule has 6 nitrogen and oxygen atoms in total. The standard InChI is InChI=1S/C21H13BrClF4N3O3/c1-32-14-4-2-11(3-5-14)9-30-10-29-18(21(26,27)20(24)25)17(19(30)31)33-15-7-13(22)6-12(8-28)16(15)23/h2-7,10,20H,9H2,1H3. The van der Waals surface area contributed by atoms with E-state index in [2.05, 4.69) is 20.9 Å². The summed E-state index contributed by atoms with van der Waals surface area (Å²) in [6.07, 6.45) is -3.43. The Kier molecular flexibility index (Phi) is 7.29. The number of hydrogen-bond donors (Lipinski definition) is 0. The molecule has 2 aromatic carbocycles. The number of benzene rings is 2. The first-order chi connectivity index (χ1) is 15.6. The lowest BCUT2D eigenvalue weighted by Gasteiger charge is -2.19. The van der Waals surface area contributed by atoms with Crippen LogP contribution < -0.4 is 15.0 Å². The Bertz CT molecular complexity index is 1280. The van der Waals surface area contributed by atoms with E-state index in [1.54, 1.807) is 30.3 Å². The van der Waals surface area contributed by atoms with Gasteiger partial charge in [0, 0.05) is 4.47 Å². The van der Waals surface area contributed by atoms with Crippen molar-refractivity contribution in [2.75, 3.05) is 7.11 Å². The predicted octanol–water partition coefficient (Wildman–Crippen LogP) is 5.74. The minimum atomic E-state index is -4.79. The molecular formula is C21H13BrClF4N3O3. The van der Waals surface area contributed by atoms with Gasteiger partial charge >= 0.3 is 12.3 Å². The number of halogens is 6. The number of nitrogens with zero attached hydrogens (tertiary/aromatic N) is 3. The van der Waals surface area contributed by atoms with Gasteiger partial charge in [-0.05, 0) is 29.8 Å². The molecule has 0 aliphatic heterocycles. The number of ether oxygens (including phenoxy) is 2. The molecule has 0 bridgehead atoms. The SMILES string of the molecule is COc1ccc(Cn2cnc(C(F)(F)C(F)F)c(Oc3cc(Br)cc(C#N)c3Cl)c2=O)cc1. The first-order valence-corrected chi connectivity index (χ1v) is 10.2. The Morgan fingerprint density at radius 1 is 1.27 bits per heavy atom. The van der Waals surface area contributed by atoms with Crippen LogP contribution in [0.4, 0.5) is 17.6 Å². The van der Waals surface area contributed by atoms with E-state index in [9.17, 15) is 27.6 Å². The minimum absolute atomic E-state index is 0.0920. The molecule has 3 aromatic rings. The molecule has 0 saturated carbocycles. The molecule has 0 N–H and O–H groups in total. The normalized spacial score (nSPS) is 11.4. The number of aromatic nitrogens is 2. The maximum absolute atomic E-state index is 14.2. The molecule has 0 radical (unpaired) electrons. The fourth-order valence-electron chi connectivity index (χ4n) is 2.77. The van der Waals surface area contributed by atoms with Crippen molar-refractivity contribution in [3.8, 4) is 23.3 Å². The molecule has 1 aromatic heterocycles. The smallest absolute Gasteiger partial charge is 0.352 e. The Morgan fingerprint density at radius 3 is 2.52 bits per heavy atom. The molecule has 3 rings (SSSR count). The highest BCUT2D eigenvalue weighted by molar-refractivity contribution is 9.10. The second-order valence-corrected chi connectivity index (χ2v) is 7.90. The van der Waals surface area contributed by atoms with Gasteiger partial charge in [-0.2, -0.15) is 14.0 Å². The van der Waals surface area contributed by atoms with Crippen LogP contribution in [-0.2, 0) is 12.5 Å². The van der Waals surface area contributed by atoms with Gasteiger partial charge in [-0.25, -0.2) is 13.8 Å². The molecule has 1 heterocycles. The average Bonchev–Trinajstić information content (AvgIpc) is 2.78. The molecule has 12 heteroatoms. The van der Waals surface area contributed by atoms with Crippen LogP contribution in [0.1, 0.15) is 16.8 Å². The predicted molar refractivity (Wildman–Crippen MR) is 114 cm³/mol. The summed E-state index contributed by atoms with van der Waals surface area (Å²) in [7, 11) is 1.47. The molecule has 0 aliphatic rings. The van der Waals surface area contributed by atoms with Gasteiger partial charge in [-0.15, -0.1) is 0 Å². The Balaban J connectivity index is 2.14. The zero-order valence-electron chi connectivity index (χ0n) is 16.7. The highest BCUT2D eigenvalue weighted by Crippen LogP contribution is 2.40. The van der Waals surface area contributed by atoms with Crippen LogP contribution in [-0.4, -0.2) is 23.1 Å². The van der Waals surface area contributed by atoms with Crippen LogP contribution in [0, 0.1) is 11.3 Å². The molecule has 0 saturated heterocycles. The average molecular weight is 547 g/mol. The zero-order chi connectivity index (χ0) is 24.3. The van der Waals surface area contributed by atoms with Gasteiger partial charge in [-0.1, -0.05) is 39.7 Å². The Hall–Kier alpha value is -3.10. The number of nitriles is 1. The largest absolute Gasteiger partial charge is 0.497 e. The third-order valence-electron chi connectivity index (χ3n) is 4.43. The Labute approximate surface area is 198 Å².